The van der Waals surface area contributed by atoms with Crippen molar-refractivity contribution in [2.45, 2.75) is 59.9 Å². The van der Waals surface area contributed by atoms with Crippen molar-refractivity contribution in [1.29, 1.82) is 0 Å². The van der Waals surface area contributed by atoms with E-state index in [2.05, 4.69) is 50.1 Å². The van der Waals surface area contributed by atoms with E-state index in [9.17, 15) is 0 Å². The monoisotopic (exact) mass is 239 g/mol. The van der Waals surface area contributed by atoms with E-state index >= 15 is 0 Å². The molecular formula is C13H25N3O. The van der Waals surface area contributed by atoms with Gasteiger partial charge in [0, 0.05) is 18.9 Å². The average molecular weight is 239 g/mol. The molecule has 0 fully saturated rings. The molecule has 4 nitrogen and oxygen atoms in total. The third-order valence-electron chi connectivity index (χ3n) is 2.54. The number of hydrogen-bond acceptors (Lipinski definition) is 4. The van der Waals surface area contributed by atoms with Gasteiger partial charge in [0.1, 0.15) is 0 Å². The largest absolute Gasteiger partial charge is 0.339 e. The number of nitrogens with zero attached hydrogens (tertiary/aromatic N) is 2. The number of aryl methyl sites for hydroxylation is 1. The van der Waals surface area contributed by atoms with Crippen molar-refractivity contribution in [3.8, 4) is 0 Å². The van der Waals surface area contributed by atoms with E-state index in [0.717, 1.165) is 37.5 Å². The molecule has 1 aromatic rings. The Kier molecular flexibility index (Phi) is 5.12. The maximum atomic E-state index is 5.25. The van der Waals surface area contributed by atoms with Crippen LogP contribution >= 0.6 is 0 Å². The Morgan fingerprint density at radius 1 is 1.35 bits per heavy atom. The molecule has 17 heavy (non-hydrogen) atoms. The van der Waals surface area contributed by atoms with Crippen molar-refractivity contribution in [3.05, 3.63) is 11.7 Å². The standard InChI is InChI=1S/C13H25N3O/c1-6-14-10(2)7-8-12-15-11(16-17-12)9-13(3,4)5/h10,14H,6-9H2,1-5H3. The van der Waals surface area contributed by atoms with Gasteiger partial charge in [-0.05, 0) is 25.3 Å². The van der Waals surface area contributed by atoms with E-state index in [0.29, 0.717) is 6.04 Å². The van der Waals surface area contributed by atoms with Gasteiger partial charge in [0.25, 0.3) is 0 Å². The van der Waals surface area contributed by atoms with E-state index in [1.165, 1.54) is 0 Å². The molecule has 0 saturated heterocycles. The fourth-order valence-corrected chi connectivity index (χ4v) is 1.73. The zero-order chi connectivity index (χ0) is 12.9. The van der Waals surface area contributed by atoms with Crippen molar-refractivity contribution in [1.82, 2.24) is 15.5 Å². The van der Waals surface area contributed by atoms with Crippen LogP contribution in [-0.2, 0) is 12.8 Å². The minimum Gasteiger partial charge on any atom is -0.339 e. The van der Waals surface area contributed by atoms with Gasteiger partial charge in [-0.3, -0.25) is 0 Å². The highest BCUT2D eigenvalue weighted by Gasteiger charge is 2.16. The van der Waals surface area contributed by atoms with Crippen LogP contribution < -0.4 is 5.32 Å². The van der Waals surface area contributed by atoms with Crippen LogP contribution in [0, 0.1) is 5.41 Å². The molecule has 0 aromatic carbocycles. The summed E-state index contributed by atoms with van der Waals surface area (Å²) >= 11 is 0. The van der Waals surface area contributed by atoms with Crippen molar-refractivity contribution in [3.63, 3.8) is 0 Å². The fraction of sp³-hybridized carbons (Fsp3) is 0.846. The normalized spacial score (nSPS) is 13.9. The first-order valence-corrected chi connectivity index (χ1v) is 6.45. The Morgan fingerprint density at radius 3 is 2.65 bits per heavy atom. The number of aromatic nitrogens is 2. The van der Waals surface area contributed by atoms with Crippen LogP contribution in [0.5, 0.6) is 0 Å². The van der Waals surface area contributed by atoms with Crippen LogP contribution in [0.25, 0.3) is 0 Å². The van der Waals surface area contributed by atoms with Crippen LogP contribution in [0.3, 0.4) is 0 Å². The fourth-order valence-electron chi connectivity index (χ4n) is 1.73. The van der Waals surface area contributed by atoms with Gasteiger partial charge >= 0.3 is 0 Å². The molecule has 1 rings (SSSR count). The summed E-state index contributed by atoms with van der Waals surface area (Å²) in [7, 11) is 0. The van der Waals surface area contributed by atoms with Crippen LogP contribution in [0.1, 0.15) is 52.8 Å². The molecule has 1 heterocycles. The first-order valence-electron chi connectivity index (χ1n) is 6.45. The third kappa shape index (κ3) is 5.82. The second-order valence-electron chi connectivity index (χ2n) is 5.84. The molecule has 0 spiro atoms. The molecule has 0 bridgehead atoms. The molecule has 0 aliphatic rings. The molecule has 1 aromatic heterocycles. The van der Waals surface area contributed by atoms with Gasteiger partial charge in [-0.15, -0.1) is 0 Å². The quantitative estimate of drug-likeness (QED) is 0.829. The highest BCUT2D eigenvalue weighted by molar-refractivity contribution is 4.90. The Balaban J connectivity index is 2.41. The predicted octanol–water partition coefficient (Wildman–Crippen LogP) is 2.59. The van der Waals surface area contributed by atoms with Crippen LogP contribution in [0.15, 0.2) is 4.52 Å². The zero-order valence-corrected chi connectivity index (χ0v) is 11.7. The maximum absolute atomic E-state index is 5.25. The summed E-state index contributed by atoms with van der Waals surface area (Å²) in [6.07, 6.45) is 2.75. The number of hydrogen-bond donors (Lipinski definition) is 1. The van der Waals surface area contributed by atoms with Crippen molar-refractivity contribution >= 4 is 0 Å². The summed E-state index contributed by atoms with van der Waals surface area (Å²) in [5.74, 6) is 1.58. The maximum Gasteiger partial charge on any atom is 0.226 e. The van der Waals surface area contributed by atoms with E-state index in [4.69, 9.17) is 4.52 Å². The minimum atomic E-state index is 0.207. The van der Waals surface area contributed by atoms with Gasteiger partial charge in [-0.2, -0.15) is 4.98 Å². The van der Waals surface area contributed by atoms with Crippen molar-refractivity contribution < 1.29 is 4.52 Å². The second kappa shape index (κ2) is 6.15. The van der Waals surface area contributed by atoms with Crippen LogP contribution in [0.4, 0.5) is 0 Å². The smallest absolute Gasteiger partial charge is 0.226 e. The van der Waals surface area contributed by atoms with Gasteiger partial charge in [0.15, 0.2) is 5.82 Å². The zero-order valence-electron chi connectivity index (χ0n) is 11.7. The molecule has 0 saturated carbocycles. The molecule has 0 aliphatic carbocycles. The van der Waals surface area contributed by atoms with E-state index in [1.54, 1.807) is 0 Å². The van der Waals surface area contributed by atoms with Gasteiger partial charge in [-0.1, -0.05) is 32.9 Å². The SMILES string of the molecule is CCNC(C)CCc1nc(CC(C)(C)C)no1. The van der Waals surface area contributed by atoms with Crippen LogP contribution in [-0.4, -0.2) is 22.7 Å². The molecule has 4 heteroatoms. The highest BCUT2D eigenvalue weighted by atomic mass is 16.5. The van der Waals surface area contributed by atoms with Crippen LogP contribution in [0.2, 0.25) is 0 Å². The van der Waals surface area contributed by atoms with Gasteiger partial charge in [0.05, 0.1) is 0 Å². The van der Waals surface area contributed by atoms with E-state index in [1.807, 2.05) is 0 Å². The third-order valence-corrected chi connectivity index (χ3v) is 2.54. The lowest BCUT2D eigenvalue weighted by atomic mass is 9.92. The summed E-state index contributed by atoms with van der Waals surface area (Å²) in [5, 5.41) is 7.39. The Labute approximate surface area is 104 Å². The van der Waals surface area contributed by atoms with E-state index < -0.39 is 0 Å². The second-order valence-corrected chi connectivity index (χ2v) is 5.84. The summed E-state index contributed by atoms with van der Waals surface area (Å²) in [5.41, 5.74) is 0.207. The predicted molar refractivity (Wildman–Crippen MR) is 68.9 cm³/mol. The van der Waals surface area contributed by atoms with Gasteiger partial charge < -0.3 is 9.84 Å². The van der Waals surface area contributed by atoms with E-state index in [-0.39, 0.29) is 5.41 Å². The molecule has 0 aliphatic heterocycles. The lowest BCUT2D eigenvalue weighted by Crippen LogP contribution is -2.25. The molecule has 98 valence electrons. The van der Waals surface area contributed by atoms with Gasteiger partial charge in [-0.25, -0.2) is 0 Å². The summed E-state index contributed by atoms with van der Waals surface area (Å²) < 4.78 is 5.25. The first-order chi connectivity index (χ1) is 7.90. The summed E-state index contributed by atoms with van der Waals surface area (Å²) in [6.45, 7) is 11.8. The molecular weight excluding hydrogens is 214 g/mol. The molecule has 1 N–H and O–H groups in total. The first kappa shape index (κ1) is 14.2. The summed E-state index contributed by atoms with van der Waals surface area (Å²) in [4.78, 5) is 4.42. The minimum absolute atomic E-state index is 0.207. The Bertz CT molecular complexity index is 328. The Hall–Kier alpha value is -0.900. The molecule has 1 unspecified atom stereocenters. The molecule has 0 amide bonds. The highest BCUT2D eigenvalue weighted by Crippen LogP contribution is 2.18. The number of nitrogens with one attached hydrogen (secondary N) is 1. The summed E-state index contributed by atoms with van der Waals surface area (Å²) in [6, 6.07) is 0.498. The van der Waals surface area contributed by atoms with Crippen molar-refractivity contribution in [2.24, 2.45) is 5.41 Å². The van der Waals surface area contributed by atoms with Crippen molar-refractivity contribution in [2.75, 3.05) is 6.54 Å². The lowest BCUT2D eigenvalue weighted by Gasteiger charge is -2.14. The van der Waals surface area contributed by atoms with Gasteiger partial charge in [0.2, 0.25) is 5.89 Å². The average Bonchev–Trinajstić information content (AvgIpc) is 2.60. The molecule has 1 atom stereocenters. The lowest BCUT2D eigenvalue weighted by molar-refractivity contribution is 0.349. The Morgan fingerprint density at radius 2 is 2.06 bits per heavy atom. The molecule has 0 radical (unpaired) electrons. The number of rotatable bonds is 6. The topological polar surface area (TPSA) is 51.0 Å².